The van der Waals surface area contributed by atoms with Gasteiger partial charge < -0.3 is 9.15 Å². The van der Waals surface area contributed by atoms with E-state index in [0.717, 1.165) is 22.1 Å². The minimum absolute atomic E-state index is 0.653. The number of rotatable bonds is 4. The molecule has 5 aromatic carbocycles. The summed E-state index contributed by atoms with van der Waals surface area (Å²) < 4.78 is 12.0. The minimum Gasteiger partial charge on any atom is -0.456 e. The Morgan fingerprint density at radius 3 is 2.18 bits per heavy atom. The van der Waals surface area contributed by atoms with Gasteiger partial charge in [0.05, 0.1) is 6.61 Å². The summed E-state index contributed by atoms with van der Waals surface area (Å²) in [4.78, 5) is 0. The quantitative estimate of drug-likeness (QED) is 0.200. The van der Waals surface area contributed by atoms with Gasteiger partial charge >= 0.3 is 0 Å². The maximum absolute atomic E-state index is 6.30. The van der Waals surface area contributed by atoms with E-state index in [4.69, 9.17) is 4.42 Å². The van der Waals surface area contributed by atoms with Crippen molar-refractivity contribution in [1.29, 1.82) is 0 Å². The highest BCUT2D eigenvalue weighted by Crippen LogP contribution is 2.43. The number of furan rings is 1. The molecule has 6 aromatic rings. The molecule has 0 saturated carbocycles. The van der Waals surface area contributed by atoms with Crippen molar-refractivity contribution in [3.05, 3.63) is 131 Å². The van der Waals surface area contributed by atoms with Crippen molar-refractivity contribution >= 4 is 37.9 Å². The third-order valence-electron chi connectivity index (χ3n) is 7.03. The molecule has 1 aliphatic rings. The fourth-order valence-corrected chi connectivity index (χ4v) is 5.59. The average molecular weight is 560 g/mol. The Hall–Kier alpha value is -3.92. The van der Waals surface area contributed by atoms with E-state index in [2.05, 4.69) is 130 Å². The number of benzene rings is 5. The van der Waals surface area contributed by atoms with E-state index < -0.39 is 0 Å². The molecule has 186 valence electrons. The third-order valence-corrected chi connectivity index (χ3v) is 7.52. The Morgan fingerprint density at radius 2 is 1.42 bits per heavy atom. The first-order chi connectivity index (χ1) is 18.6. The number of hydrogen-bond acceptors (Lipinski definition) is 2. The SMILES string of the molecule is Brc1ccc2c(c1)-c1cc3oc4ccc(-c5cccc(-c6ccccc6)c5)cc4c3cc1C2.C=CCOC. The van der Waals surface area contributed by atoms with Crippen molar-refractivity contribution in [2.24, 2.45) is 0 Å². The molecular formula is C35H27BrO2. The molecule has 1 aliphatic carbocycles. The zero-order valence-corrected chi connectivity index (χ0v) is 22.8. The lowest BCUT2D eigenvalue weighted by molar-refractivity contribution is 0.234. The zero-order valence-electron chi connectivity index (χ0n) is 21.2. The van der Waals surface area contributed by atoms with Crippen molar-refractivity contribution in [2.45, 2.75) is 6.42 Å². The fourth-order valence-electron chi connectivity index (χ4n) is 5.23. The van der Waals surface area contributed by atoms with Crippen LogP contribution in [0.5, 0.6) is 0 Å². The second-order valence-corrected chi connectivity index (χ2v) is 10.4. The van der Waals surface area contributed by atoms with E-state index >= 15 is 0 Å². The van der Waals surface area contributed by atoms with Crippen LogP contribution in [0.3, 0.4) is 0 Å². The van der Waals surface area contributed by atoms with E-state index in [1.54, 1.807) is 13.2 Å². The molecule has 3 heteroatoms. The summed E-state index contributed by atoms with van der Waals surface area (Å²) in [5.74, 6) is 0. The summed E-state index contributed by atoms with van der Waals surface area (Å²) in [7, 11) is 1.64. The van der Waals surface area contributed by atoms with Crippen molar-refractivity contribution < 1.29 is 9.15 Å². The molecule has 0 spiro atoms. The van der Waals surface area contributed by atoms with Gasteiger partial charge in [-0.25, -0.2) is 0 Å². The van der Waals surface area contributed by atoms with Gasteiger partial charge in [-0.2, -0.15) is 0 Å². The highest BCUT2D eigenvalue weighted by atomic mass is 79.9. The lowest BCUT2D eigenvalue weighted by Gasteiger charge is -2.06. The molecule has 38 heavy (non-hydrogen) atoms. The first-order valence-electron chi connectivity index (χ1n) is 12.7. The minimum atomic E-state index is 0.653. The Bertz CT molecular complexity index is 1780. The number of halogens is 1. The van der Waals surface area contributed by atoms with Gasteiger partial charge in [0.1, 0.15) is 11.2 Å². The van der Waals surface area contributed by atoms with E-state index in [-0.39, 0.29) is 0 Å². The molecule has 0 saturated heterocycles. The normalized spacial score (nSPS) is 11.6. The Balaban J connectivity index is 0.000000487. The smallest absolute Gasteiger partial charge is 0.136 e. The molecule has 2 nitrogen and oxygen atoms in total. The van der Waals surface area contributed by atoms with Crippen molar-refractivity contribution in [2.75, 3.05) is 13.7 Å². The molecule has 0 amide bonds. The van der Waals surface area contributed by atoms with Crippen molar-refractivity contribution in [1.82, 2.24) is 0 Å². The Kier molecular flexibility index (Phi) is 6.71. The van der Waals surface area contributed by atoms with Crippen LogP contribution >= 0.6 is 15.9 Å². The van der Waals surface area contributed by atoms with E-state index in [1.165, 1.54) is 55.3 Å². The van der Waals surface area contributed by atoms with Gasteiger partial charge in [-0.15, -0.1) is 6.58 Å². The molecule has 1 aromatic heterocycles. The van der Waals surface area contributed by atoms with Gasteiger partial charge in [0.2, 0.25) is 0 Å². The monoisotopic (exact) mass is 558 g/mol. The molecule has 0 radical (unpaired) electrons. The second kappa shape index (κ2) is 10.4. The van der Waals surface area contributed by atoms with Crippen LogP contribution in [0.2, 0.25) is 0 Å². The summed E-state index contributed by atoms with van der Waals surface area (Å²) in [6.07, 6.45) is 2.68. The molecule has 0 unspecified atom stereocenters. The second-order valence-electron chi connectivity index (χ2n) is 9.49. The summed E-state index contributed by atoms with van der Waals surface area (Å²) >= 11 is 3.62. The highest BCUT2D eigenvalue weighted by Gasteiger charge is 2.21. The van der Waals surface area contributed by atoms with E-state index in [0.29, 0.717) is 6.61 Å². The molecule has 0 atom stereocenters. The molecule has 1 heterocycles. The zero-order chi connectivity index (χ0) is 26.1. The summed E-state index contributed by atoms with van der Waals surface area (Å²) in [5.41, 5.74) is 12.1. The van der Waals surface area contributed by atoms with E-state index in [9.17, 15) is 0 Å². The Labute approximate surface area is 231 Å². The summed E-state index contributed by atoms with van der Waals surface area (Å²) in [5, 5.41) is 2.37. The topological polar surface area (TPSA) is 22.4 Å². The Morgan fingerprint density at radius 1 is 0.711 bits per heavy atom. The van der Waals surface area contributed by atoms with Crippen LogP contribution in [-0.4, -0.2) is 13.7 Å². The number of ether oxygens (including phenoxy) is 1. The number of methoxy groups -OCH3 is 1. The van der Waals surface area contributed by atoms with Crippen LogP contribution in [0.4, 0.5) is 0 Å². The van der Waals surface area contributed by atoms with Gasteiger partial charge in [0.25, 0.3) is 0 Å². The maximum atomic E-state index is 6.30. The van der Waals surface area contributed by atoms with Crippen LogP contribution in [-0.2, 0) is 11.2 Å². The summed E-state index contributed by atoms with van der Waals surface area (Å²) in [6.45, 7) is 4.08. The molecule has 0 aliphatic heterocycles. The van der Waals surface area contributed by atoms with Crippen LogP contribution in [0.1, 0.15) is 11.1 Å². The van der Waals surface area contributed by atoms with Crippen molar-refractivity contribution in [3.8, 4) is 33.4 Å². The van der Waals surface area contributed by atoms with Crippen LogP contribution in [0.25, 0.3) is 55.3 Å². The molecular weight excluding hydrogens is 532 g/mol. The van der Waals surface area contributed by atoms with Gasteiger partial charge in [0, 0.05) is 22.4 Å². The van der Waals surface area contributed by atoms with Crippen molar-refractivity contribution in [3.63, 3.8) is 0 Å². The van der Waals surface area contributed by atoms with Crippen LogP contribution in [0.15, 0.2) is 125 Å². The van der Waals surface area contributed by atoms with Gasteiger partial charge in [-0.1, -0.05) is 82.7 Å². The first kappa shape index (κ1) is 24.4. The number of hydrogen-bond donors (Lipinski definition) is 0. The predicted octanol–water partition coefficient (Wildman–Crippen LogP) is 10.1. The van der Waals surface area contributed by atoms with Gasteiger partial charge in [-0.3, -0.25) is 0 Å². The lowest BCUT2D eigenvalue weighted by atomic mass is 9.97. The standard InChI is InChI=1S/C31H19BrO.C4H8O/c32-25-11-9-23-14-24-16-29-28-15-22(10-12-30(28)33-31(29)18-27(24)26(23)17-25)21-8-4-7-20(13-21)19-5-2-1-3-6-19;1-3-4-5-2/h1-13,15-18H,14H2;3H,1,4H2,2H3. The predicted molar refractivity (Wildman–Crippen MR) is 163 cm³/mol. The average Bonchev–Trinajstić information content (AvgIpc) is 3.49. The molecule has 0 fully saturated rings. The summed E-state index contributed by atoms with van der Waals surface area (Å²) in [6, 6.07) is 36.9. The largest absolute Gasteiger partial charge is 0.456 e. The van der Waals surface area contributed by atoms with Crippen LogP contribution < -0.4 is 0 Å². The lowest BCUT2D eigenvalue weighted by Crippen LogP contribution is -1.82. The molecule has 0 bridgehead atoms. The maximum Gasteiger partial charge on any atom is 0.136 e. The third kappa shape index (κ3) is 4.60. The molecule has 7 rings (SSSR count). The van der Waals surface area contributed by atoms with Crippen LogP contribution in [0, 0.1) is 0 Å². The van der Waals surface area contributed by atoms with Gasteiger partial charge in [-0.05, 0) is 93.4 Å². The number of fused-ring (bicyclic) bond motifs is 6. The van der Waals surface area contributed by atoms with E-state index in [1.807, 2.05) is 0 Å². The van der Waals surface area contributed by atoms with Gasteiger partial charge in [0.15, 0.2) is 0 Å². The fraction of sp³-hybridized carbons (Fsp3) is 0.0857. The molecule has 0 N–H and O–H groups in total. The first-order valence-corrected chi connectivity index (χ1v) is 13.5. The highest BCUT2D eigenvalue weighted by molar-refractivity contribution is 9.10.